The van der Waals surface area contributed by atoms with Crippen LogP contribution in [0, 0.1) is 6.92 Å². The molecule has 8 heteroatoms. The van der Waals surface area contributed by atoms with Crippen molar-refractivity contribution >= 4 is 5.82 Å². The Bertz CT molecular complexity index is 713. The fourth-order valence-electron chi connectivity index (χ4n) is 1.54. The maximum atomic E-state index is 5.84. The summed E-state index contributed by atoms with van der Waals surface area (Å²) in [4.78, 5) is 12.5. The van der Waals surface area contributed by atoms with Gasteiger partial charge in [0.2, 0.25) is 11.6 Å². The van der Waals surface area contributed by atoms with E-state index < -0.39 is 0 Å². The van der Waals surface area contributed by atoms with E-state index in [4.69, 9.17) is 10.3 Å². The summed E-state index contributed by atoms with van der Waals surface area (Å²) >= 11 is 0. The van der Waals surface area contributed by atoms with E-state index in [1.54, 1.807) is 25.6 Å². The first-order valence-electron chi connectivity index (χ1n) is 5.55. The van der Waals surface area contributed by atoms with Gasteiger partial charge in [0.05, 0.1) is 6.20 Å². The van der Waals surface area contributed by atoms with Crippen molar-refractivity contribution in [3.63, 3.8) is 0 Å². The van der Waals surface area contributed by atoms with Crippen molar-refractivity contribution in [2.24, 2.45) is 7.05 Å². The van der Waals surface area contributed by atoms with Crippen LogP contribution in [0.25, 0.3) is 23.1 Å². The van der Waals surface area contributed by atoms with Crippen LogP contribution < -0.4 is 5.73 Å². The zero-order valence-electron chi connectivity index (χ0n) is 10.4. The number of nitrogens with two attached hydrogens (primary N) is 1. The summed E-state index contributed by atoms with van der Waals surface area (Å²) in [7, 11) is 1.74. The van der Waals surface area contributed by atoms with Crippen LogP contribution in [0.1, 0.15) is 5.56 Å². The highest BCUT2D eigenvalue weighted by Gasteiger charge is 2.16. The highest BCUT2D eigenvalue weighted by Crippen LogP contribution is 2.24. The zero-order chi connectivity index (χ0) is 13.4. The minimum atomic E-state index is 0.296. The van der Waals surface area contributed by atoms with Gasteiger partial charge in [0, 0.05) is 19.4 Å². The lowest BCUT2D eigenvalue weighted by molar-refractivity contribution is 0.432. The summed E-state index contributed by atoms with van der Waals surface area (Å²) in [6, 6.07) is 0. The predicted molar refractivity (Wildman–Crippen MR) is 66.7 cm³/mol. The van der Waals surface area contributed by atoms with Crippen LogP contribution in [0.4, 0.5) is 5.82 Å². The van der Waals surface area contributed by atoms with E-state index >= 15 is 0 Å². The molecule has 0 unspecified atom stereocenters. The molecular weight excluding hydrogens is 246 g/mol. The molecule has 0 saturated carbocycles. The van der Waals surface area contributed by atoms with Crippen LogP contribution in [0.5, 0.6) is 0 Å². The topological polar surface area (TPSA) is 109 Å². The first-order chi connectivity index (χ1) is 9.15. The van der Waals surface area contributed by atoms with Crippen molar-refractivity contribution in [1.82, 2.24) is 29.9 Å². The van der Waals surface area contributed by atoms with Crippen molar-refractivity contribution in [3.8, 4) is 23.1 Å². The molecule has 0 amide bonds. The molecule has 96 valence electrons. The Hall–Kier alpha value is -2.77. The largest absolute Gasteiger partial charge is 0.383 e. The smallest absolute Gasteiger partial charge is 0.263 e. The Labute approximate surface area is 108 Å². The maximum Gasteiger partial charge on any atom is 0.263 e. The second-order valence-corrected chi connectivity index (χ2v) is 4.07. The molecule has 3 heterocycles. The normalized spacial score (nSPS) is 10.8. The van der Waals surface area contributed by atoms with Gasteiger partial charge in [0.15, 0.2) is 0 Å². The van der Waals surface area contributed by atoms with E-state index in [2.05, 4.69) is 25.2 Å². The Morgan fingerprint density at radius 3 is 2.53 bits per heavy atom. The number of nitrogen functional groups attached to an aromatic ring is 1. The molecule has 0 aliphatic heterocycles. The maximum absolute atomic E-state index is 5.84. The monoisotopic (exact) mass is 257 g/mol. The first kappa shape index (κ1) is 11.3. The van der Waals surface area contributed by atoms with Crippen molar-refractivity contribution in [3.05, 3.63) is 24.2 Å². The van der Waals surface area contributed by atoms with Gasteiger partial charge in [-0.1, -0.05) is 5.16 Å². The Morgan fingerprint density at radius 2 is 1.89 bits per heavy atom. The summed E-state index contributed by atoms with van der Waals surface area (Å²) in [6.45, 7) is 1.90. The third-order valence-corrected chi connectivity index (χ3v) is 2.62. The molecule has 8 nitrogen and oxygen atoms in total. The summed E-state index contributed by atoms with van der Waals surface area (Å²) in [5, 5.41) is 7.86. The Kier molecular flexibility index (Phi) is 2.48. The third kappa shape index (κ3) is 1.92. The number of rotatable bonds is 2. The van der Waals surface area contributed by atoms with Crippen LogP contribution >= 0.6 is 0 Å². The molecule has 0 aliphatic carbocycles. The van der Waals surface area contributed by atoms with Gasteiger partial charge in [0.25, 0.3) is 5.89 Å². The van der Waals surface area contributed by atoms with Gasteiger partial charge in [-0.2, -0.15) is 10.1 Å². The minimum Gasteiger partial charge on any atom is -0.383 e. The molecule has 0 aromatic carbocycles. The molecular formula is C11H11N7O. The van der Waals surface area contributed by atoms with Gasteiger partial charge >= 0.3 is 0 Å². The SMILES string of the molecule is Cc1cnc(-c2noc(-c3cnn(C)c3N)n2)nc1. The van der Waals surface area contributed by atoms with Crippen molar-refractivity contribution in [2.75, 3.05) is 5.73 Å². The highest BCUT2D eigenvalue weighted by molar-refractivity contribution is 5.67. The Balaban J connectivity index is 2.00. The van der Waals surface area contributed by atoms with Gasteiger partial charge in [0.1, 0.15) is 11.4 Å². The lowest BCUT2D eigenvalue weighted by Crippen LogP contribution is -1.98. The molecule has 0 radical (unpaired) electrons. The fourth-order valence-corrected chi connectivity index (χ4v) is 1.54. The van der Waals surface area contributed by atoms with Gasteiger partial charge < -0.3 is 10.3 Å². The lowest BCUT2D eigenvalue weighted by Gasteiger charge is -1.94. The highest BCUT2D eigenvalue weighted by atomic mass is 16.5. The van der Waals surface area contributed by atoms with Gasteiger partial charge in [-0.05, 0) is 12.5 Å². The molecule has 0 spiro atoms. The lowest BCUT2D eigenvalue weighted by atomic mass is 10.3. The number of hydrogen-bond donors (Lipinski definition) is 1. The number of anilines is 1. The zero-order valence-corrected chi connectivity index (χ0v) is 10.4. The fraction of sp³-hybridized carbons (Fsp3) is 0.182. The van der Waals surface area contributed by atoms with E-state index in [1.807, 2.05) is 6.92 Å². The molecule has 19 heavy (non-hydrogen) atoms. The second-order valence-electron chi connectivity index (χ2n) is 4.07. The Morgan fingerprint density at radius 1 is 1.16 bits per heavy atom. The third-order valence-electron chi connectivity index (χ3n) is 2.62. The van der Waals surface area contributed by atoms with Crippen molar-refractivity contribution in [2.45, 2.75) is 6.92 Å². The van der Waals surface area contributed by atoms with E-state index in [0.29, 0.717) is 28.9 Å². The number of aryl methyl sites for hydroxylation is 2. The average Bonchev–Trinajstić information content (AvgIpc) is 2.99. The molecule has 0 bridgehead atoms. The number of aromatic nitrogens is 6. The van der Waals surface area contributed by atoms with Crippen molar-refractivity contribution in [1.29, 1.82) is 0 Å². The summed E-state index contributed by atoms with van der Waals surface area (Å²) < 4.78 is 6.68. The van der Waals surface area contributed by atoms with E-state index in [-0.39, 0.29) is 0 Å². The predicted octanol–water partition coefficient (Wildman–Crippen LogP) is 0.818. The summed E-state index contributed by atoms with van der Waals surface area (Å²) in [5.74, 6) is 1.48. The van der Waals surface area contributed by atoms with E-state index in [9.17, 15) is 0 Å². The average molecular weight is 257 g/mol. The molecule has 0 fully saturated rings. The number of nitrogens with zero attached hydrogens (tertiary/aromatic N) is 6. The van der Waals surface area contributed by atoms with Crippen LogP contribution in [0.2, 0.25) is 0 Å². The van der Waals surface area contributed by atoms with E-state index in [1.165, 1.54) is 4.68 Å². The van der Waals surface area contributed by atoms with Crippen LogP contribution in [0.15, 0.2) is 23.1 Å². The summed E-state index contributed by atoms with van der Waals surface area (Å²) in [5.41, 5.74) is 7.40. The summed E-state index contributed by atoms with van der Waals surface area (Å²) in [6.07, 6.45) is 4.95. The standard InChI is InChI=1S/C11H11N7O/c1-6-3-13-9(14-4-6)10-16-11(19-17-10)7-5-15-18(2)8(7)12/h3-5H,12H2,1-2H3. The van der Waals surface area contributed by atoms with Gasteiger partial charge in [-0.25, -0.2) is 9.97 Å². The quantitative estimate of drug-likeness (QED) is 0.723. The molecule has 3 aromatic rings. The minimum absolute atomic E-state index is 0.296. The molecule has 2 N–H and O–H groups in total. The van der Waals surface area contributed by atoms with Crippen LogP contribution in [-0.4, -0.2) is 29.9 Å². The molecule has 0 saturated heterocycles. The number of hydrogen-bond acceptors (Lipinski definition) is 7. The van der Waals surface area contributed by atoms with E-state index in [0.717, 1.165) is 5.56 Å². The van der Waals surface area contributed by atoms with Crippen LogP contribution in [0.3, 0.4) is 0 Å². The molecule has 3 aromatic heterocycles. The second kappa shape index (κ2) is 4.16. The molecule has 0 atom stereocenters. The molecule has 0 aliphatic rings. The van der Waals surface area contributed by atoms with Gasteiger partial charge in [-0.15, -0.1) is 0 Å². The first-order valence-corrected chi connectivity index (χ1v) is 5.55. The van der Waals surface area contributed by atoms with Gasteiger partial charge in [-0.3, -0.25) is 4.68 Å². The molecule has 3 rings (SSSR count). The van der Waals surface area contributed by atoms with Crippen molar-refractivity contribution < 1.29 is 4.52 Å². The van der Waals surface area contributed by atoms with Crippen LogP contribution in [-0.2, 0) is 7.05 Å².